The van der Waals surface area contributed by atoms with E-state index >= 15 is 0 Å². The molecule has 2 heteroatoms. The first kappa shape index (κ1) is 19.5. The van der Waals surface area contributed by atoms with E-state index in [1.54, 1.807) is 0 Å². The molecule has 0 fully saturated rings. The van der Waals surface area contributed by atoms with Crippen LogP contribution in [0.5, 0.6) is 0 Å². The summed E-state index contributed by atoms with van der Waals surface area (Å²) in [5.74, 6) is 1.10. The average molecular weight is 353 g/mol. The second-order valence-electron chi connectivity index (χ2n) is 6.66. The van der Waals surface area contributed by atoms with Gasteiger partial charge in [-0.1, -0.05) is 81.4 Å². The lowest BCUT2D eigenvalue weighted by Crippen LogP contribution is -2.35. The molecule has 0 N–H and O–H groups in total. The summed E-state index contributed by atoms with van der Waals surface area (Å²) in [6.07, 6.45) is 5.65. The minimum Gasteiger partial charge on any atom is -0.543 e. The van der Waals surface area contributed by atoms with Gasteiger partial charge in [0.25, 0.3) is 0 Å². The van der Waals surface area contributed by atoms with E-state index in [0.29, 0.717) is 0 Å². The third-order valence-corrected chi connectivity index (χ3v) is 9.68. The molecular formula is C23H32OSi. The van der Waals surface area contributed by atoms with E-state index in [1.165, 1.54) is 29.3 Å². The van der Waals surface area contributed by atoms with Gasteiger partial charge in [-0.15, -0.1) is 0 Å². The Hall–Kier alpha value is -1.80. The van der Waals surface area contributed by atoms with Crippen LogP contribution in [0.15, 0.2) is 66.7 Å². The second-order valence-corrected chi connectivity index (χ2v) is 11.3. The molecule has 0 unspecified atom stereocenters. The molecule has 0 saturated heterocycles. The lowest BCUT2D eigenvalue weighted by Gasteiger charge is -2.30. The predicted octanol–water partition coefficient (Wildman–Crippen LogP) is 7.07. The van der Waals surface area contributed by atoms with Crippen LogP contribution in [0.1, 0.15) is 44.7 Å². The molecule has 2 rings (SSSR count). The summed E-state index contributed by atoms with van der Waals surface area (Å²) in [4.78, 5) is 0. The molecule has 0 bridgehead atoms. The smallest absolute Gasteiger partial charge is 0.250 e. The molecule has 0 aliphatic rings. The van der Waals surface area contributed by atoms with Crippen LogP contribution in [0.4, 0.5) is 0 Å². The van der Waals surface area contributed by atoms with Gasteiger partial charge in [0.2, 0.25) is 8.32 Å². The van der Waals surface area contributed by atoms with E-state index in [4.69, 9.17) is 4.43 Å². The highest BCUT2D eigenvalue weighted by Crippen LogP contribution is 2.29. The van der Waals surface area contributed by atoms with E-state index in [9.17, 15) is 0 Å². The summed E-state index contributed by atoms with van der Waals surface area (Å²) in [7, 11) is -1.66. The molecule has 25 heavy (non-hydrogen) atoms. The zero-order valence-electron chi connectivity index (χ0n) is 16.0. The molecule has 0 amide bonds. The monoisotopic (exact) mass is 352 g/mol. The highest BCUT2D eigenvalue weighted by Gasteiger charge is 2.31. The Bertz CT molecular complexity index is 621. The van der Waals surface area contributed by atoms with Crippen molar-refractivity contribution < 1.29 is 4.43 Å². The standard InChI is InChI=1S/C23H32OSi/c1-4-25(5-2,6-3)24-23(22-18-11-8-12-19-22)20-14-13-17-21-15-9-7-10-16-21/h7-12,15-16,18-20H,4-6,13-14,17H2,1-3H3/b23-20-. The van der Waals surface area contributed by atoms with Crippen molar-refractivity contribution in [3.8, 4) is 0 Å². The number of benzene rings is 2. The molecule has 0 saturated carbocycles. The van der Waals surface area contributed by atoms with Crippen molar-refractivity contribution in [3.05, 3.63) is 77.9 Å². The van der Waals surface area contributed by atoms with E-state index in [2.05, 4.69) is 87.5 Å². The largest absolute Gasteiger partial charge is 0.543 e. The van der Waals surface area contributed by atoms with Crippen LogP contribution in [0, 0.1) is 0 Å². The van der Waals surface area contributed by atoms with Crippen molar-refractivity contribution in [2.45, 2.75) is 58.2 Å². The summed E-state index contributed by atoms with van der Waals surface area (Å²) in [5.41, 5.74) is 2.63. The van der Waals surface area contributed by atoms with Gasteiger partial charge in [-0.25, -0.2) is 0 Å². The topological polar surface area (TPSA) is 9.23 Å². The van der Waals surface area contributed by atoms with E-state index < -0.39 is 8.32 Å². The summed E-state index contributed by atoms with van der Waals surface area (Å²) in [6, 6.07) is 24.9. The fraction of sp³-hybridized carbons (Fsp3) is 0.391. The number of hydrogen-bond acceptors (Lipinski definition) is 1. The van der Waals surface area contributed by atoms with Crippen molar-refractivity contribution in [2.24, 2.45) is 0 Å². The minimum atomic E-state index is -1.66. The van der Waals surface area contributed by atoms with E-state index in [-0.39, 0.29) is 0 Å². The van der Waals surface area contributed by atoms with Crippen molar-refractivity contribution in [1.82, 2.24) is 0 Å². The average Bonchev–Trinajstić information content (AvgIpc) is 2.69. The highest BCUT2D eigenvalue weighted by molar-refractivity contribution is 6.74. The molecule has 0 heterocycles. The van der Waals surface area contributed by atoms with Gasteiger partial charge in [-0.3, -0.25) is 0 Å². The molecule has 2 aromatic rings. The molecule has 0 spiro atoms. The lowest BCUT2D eigenvalue weighted by atomic mass is 10.1. The number of hydrogen-bond donors (Lipinski definition) is 0. The van der Waals surface area contributed by atoms with Gasteiger partial charge < -0.3 is 4.43 Å². The fourth-order valence-electron chi connectivity index (χ4n) is 3.20. The molecule has 2 aromatic carbocycles. The normalized spacial score (nSPS) is 12.2. The summed E-state index contributed by atoms with van der Waals surface area (Å²) < 4.78 is 6.72. The van der Waals surface area contributed by atoms with Crippen LogP contribution >= 0.6 is 0 Å². The molecule has 134 valence electrons. The van der Waals surface area contributed by atoms with Gasteiger partial charge >= 0.3 is 0 Å². The van der Waals surface area contributed by atoms with Crippen LogP contribution in [0.25, 0.3) is 5.76 Å². The SMILES string of the molecule is CC[Si](CC)(CC)O/C(=C\CCCc1ccccc1)c1ccccc1. The van der Waals surface area contributed by atoms with Gasteiger partial charge in [0.1, 0.15) is 5.76 Å². The van der Waals surface area contributed by atoms with Gasteiger partial charge in [0.15, 0.2) is 0 Å². The fourth-order valence-corrected chi connectivity index (χ4v) is 5.81. The molecule has 0 radical (unpaired) electrons. The third kappa shape index (κ3) is 5.89. The van der Waals surface area contributed by atoms with Gasteiger partial charge in [0.05, 0.1) is 0 Å². The number of allylic oxidation sites excluding steroid dienone is 1. The zero-order chi connectivity index (χ0) is 18.0. The predicted molar refractivity (Wildman–Crippen MR) is 112 cm³/mol. The molecular weight excluding hydrogens is 320 g/mol. The lowest BCUT2D eigenvalue weighted by molar-refractivity contribution is 0.488. The molecule has 1 nitrogen and oxygen atoms in total. The highest BCUT2D eigenvalue weighted by atomic mass is 28.4. The van der Waals surface area contributed by atoms with Crippen molar-refractivity contribution in [3.63, 3.8) is 0 Å². The van der Waals surface area contributed by atoms with Crippen LogP contribution in [-0.2, 0) is 10.8 Å². The second kappa shape index (κ2) is 10.2. The molecule has 0 aromatic heterocycles. The van der Waals surface area contributed by atoms with E-state index in [0.717, 1.165) is 25.0 Å². The number of aryl methyl sites for hydroxylation is 1. The van der Waals surface area contributed by atoms with Crippen LogP contribution < -0.4 is 0 Å². The van der Waals surface area contributed by atoms with Crippen molar-refractivity contribution >= 4 is 14.1 Å². The first-order chi connectivity index (χ1) is 12.2. The van der Waals surface area contributed by atoms with Gasteiger partial charge in [-0.2, -0.15) is 0 Å². The quantitative estimate of drug-likeness (QED) is 0.252. The zero-order valence-corrected chi connectivity index (χ0v) is 17.0. The Morgan fingerprint density at radius 3 is 1.96 bits per heavy atom. The van der Waals surface area contributed by atoms with Crippen LogP contribution in [0.2, 0.25) is 18.1 Å². The first-order valence-corrected chi connectivity index (χ1v) is 12.2. The Labute approximate surface area is 154 Å². The van der Waals surface area contributed by atoms with E-state index in [1.807, 2.05) is 0 Å². The summed E-state index contributed by atoms with van der Waals surface area (Å²) >= 11 is 0. The van der Waals surface area contributed by atoms with Gasteiger partial charge in [-0.05, 0) is 49.0 Å². The number of unbranched alkanes of at least 4 members (excludes halogenated alkanes) is 1. The molecule has 0 atom stereocenters. The van der Waals surface area contributed by atoms with Crippen LogP contribution in [-0.4, -0.2) is 8.32 Å². The van der Waals surface area contributed by atoms with Crippen LogP contribution in [0.3, 0.4) is 0 Å². The Morgan fingerprint density at radius 1 is 0.840 bits per heavy atom. The number of rotatable bonds is 10. The molecule has 0 aliphatic heterocycles. The molecule has 0 aliphatic carbocycles. The Balaban J connectivity index is 2.08. The Kier molecular flexibility index (Phi) is 8.00. The maximum absolute atomic E-state index is 6.72. The third-order valence-electron chi connectivity index (χ3n) is 5.16. The minimum absolute atomic E-state index is 1.06. The maximum atomic E-state index is 6.72. The Morgan fingerprint density at radius 2 is 1.40 bits per heavy atom. The first-order valence-electron chi connectivity index (χ1n) is 9.71. The van der Waals surface area contributed by atoms with Gasteiger partial charge in [0, 0.05) is 5.56 Å². The summed E-state index contributed by atoms with van der Waals surface area (Å²) in [6.45, 7) is 6.87. The van der Waals surface area contributed by atoms with Crippen molar-refractivity contribution in [2.75, 3.05) is 0 Å². The van der Waals surface area contributed by atoms with Crippen molar-refractivity contribution in [1.29, 1.82) is 0 Å². The summed E-state index contributed by atoms with van der Waals surface area (Å²) in [5, 5.41) is 0. The maximum Gasteiger partial charge on any atom is 0.250 e.